The Bertz CT molecular complexity index is 1060. The minimum absolute atomic E-state index is 0.000466. The van der Waals surface area contributed by atoms with Crippen molar-refractivity contribution in [2.75, 3.05) is 0 Å². The van der Waals surface area contributed by atoms with Crippen LogP contribution in [0.25, 0.3) is 0 Å². The average molecular weight is 449 g/mol. The van der Waals surface area contributed by atoms with Gasteiger partial charge >= 0.3 is 0 Å². The van der Waals surface area contributed by atoms with Gasteiger partial charge in [-0.15, -0.1) is 41.9 Å². The van der Waals surface area contributed by atoms with Crippen molar-refractivity contribution in [3.05, 3.63) is 0 Å². The third kappa shape index (κ3) is 8.36. The molecule has 176 valence electrons. The lowest BCUT2D eigenvalue weighted by molar-refractivity contribution is 0.230. The SMILES string of the molecule is C#CC(C)CC#CC(C#CC(C)C)(C1C#CCC1)C(C#CCCC)C(C)(C#CCC)C#CCC. The summed E-state index contributed by atoms with van der Waals surface area (Å²) in [5.74, 6) is 44.3. The summed E-state index contributed by atoms with van der Waals surface area (Å²) < 4.78 is 0. The molecule has 1 aliphatic rings. The zero-order valence-electron chi connectivity index (χ0n) is 22.3. The number of hydrogen-bond acceptors (Lipinski definition) is 0. The molecule has 0 bridgehead atoms. The van der Waals surface area contributed by atoms with Crippen LogP contribution in [0.3, 0.4) is 0 Å². The van der Waals surface area contributed by atoms with Gasteiger partial charge in [0.1, 0.15) is 10.8 Å². The minimum Gasteiger partial charge on any atom is -0.120 e. The molecule has 0 heteroatoms. The Hall–Kier alpha value is -3.08. The molecule has 0 aromatic carbocycles. The summed E-state index contributed by atoms with van der Waals surface area (Å²) in [5.41, 5.74) is -1.42. The summed E-state index contributed by atoms with van der Waals surface area (Å²) >= 11 is 0. The van der Waals surface area contributed by atoms with Gasteiger partial charge in [-0.2, -0.15) is 0 Å². The van der Waals surface area contributed by atoms with Crippen LogP contribution in [-0.4, -0.2) is 0 Å². The quantitative estimate of drug-likeness (QED) is 0.399. The molecule has 0 aromatic rings. The Kier molecular flexibility index (Phi) is 12.7. The zero-order valence-corrected chi connectivity index (χ0v) is 22.3. The molecule has 0 saturated heterocycles. The van der Waals surface area contributed by atoms with E-state index in [2.05, 4.69) is 119 Å². The molecular formula is C34H40. The predicted molar refractivity (Wildman–Crippen MR) is 146 cm³/mol. The van der Waals surface area contributed by atoms with Crippen LogP contribution in [0.5, 0.6) is 0 Å². The zero-order chi connectivity index (χ0) is 25.5. The smallest absolute Gasteiger partial charge is 0.120 e. The van der Waals surface area contributed by atoms with E-state index in [4.69, 9.17) is 6.42 Å². The van der Waals surface area contributed by atoms with Gasteiger partial charge in [-0.05, 0) is 19.8 Å². The first-order chi connectivity index (χ1) is 16.3. The predicted octanol–water partition coefficient (Wildman–Crippen LogP) is 6.96. The fraction of sp³-hybridized carbons (Fsp3) is 0.588. The van der Waals surface area contributed by atoms with Gasteiger partial charge in [0, 0.05) is 43.9 Å². The number of hydrogen-bond donors (Lipinski definition) is 0. The molecule has 0 aliphatic heterocycles. The van der Waals surface area contributed by atoms with Crippen molar-refractivity contribution in [2.24, 2.45) is 34.5 Å². The van der Waals surface area contributed by atoms with E-state index in [9.17, 15) is 0 Å². The maximum Gasteiger partial charge on any atom is 0.122 e. The van der Waals surface area contributed by atoms with Crippen molar-refractivity contribution in [3.63, 3.8) is 0 Å². The van der Waals surface area contributed by atoms with Gasteiger partial charge in [0.05, 0.1) is 11.8 Å². The van der Waals surface area contributed by atoms with E-state index in [1.165, 1.54) is 0 Å². The Balaban J connectivity index is 4.03. The highest BCUT2D eigenvalue weighted by Crippen LogP contribution is 2.47. The molecule has 0 saturated carbocycles. The van der Waals surface area contributed by atoms with Crippen molar-refractivity contribution < 1.29 is 0 Å². The first-order valence-electron chi connectivity index (χ1n) is 12.7. The van der Waals surface area contributed by atoms with E-state index in [0.29, 0.717) is 6.42 Å². The Labute approximate surface area is 211 Å². The molecule has 0 heterocycles. The topological polar surface area (TPSA) is 0 Å². The lowest BCUT2D eigenvalue weighted by Crippen LogP contribution is -2.43. The molecule has 0 amide bonds. The van der Waals surface area contributed by atoms with Gasteiger partial charge in [0.15, 0.2) is 0 Å². The summed E-state index contributed by atoms with van der Waals surface area (Å²) in [5, 5.41) is 0. The minimum atomic E-state index is -0.748. The third-order valence-electron chi connectivity index (χ3n) is 5.64. The van der Waals surface area contributed by atoms with Crippen LogP contribution in [0, 0.1) is 118 Å². The molecule has 0 aromatic heterocycles. The molecule has 1 rings (SSSR count). The van der Waals surface area contributed by atoms with Gasteiger partial charge in [-0.25, -0.2) is 0 Å². The number of unbranched alkanes of at least 4 members (excludes halogenated alkanes) is 1. The molecule has 4 atom stereocenters. The summed E-state index contributed by atoms with van der Waals surface area (Å²) in [6, 6.07) is 0. The van der Waals surface area contributed by atoms with Crippen molar-refractivity contribution >= 4 is 0 Å². The van der Waals surface area contributed by atoms with Gasteiger partial charge in [-0.3, -0.25) is 0 Å². The lowest BCUT2D eigenvalue weighted by atomic mass is 9.58. The summed E-state index contributed by atoms with van der Waals surface area (Å²) in [7, 11) is 0. The van der Waals surface area contributed by atoms with Crippen molar-refractivity contribution in [1.29, 1.82) is 0 Å². The van der Waals surface area contributed by atoms with Crippen molar-refractivity contribution in [3.8, 4) is 83.4 Å². The fourth-order valence-electron chi connectivity index (χ4n) is 3.78. The second-order valence-electron chi connectivity index (χ2n) is 9.30. The highest BCUT2D eigenvalue weighted by atomic mass is 14.5. The summed E-state index contributed by atoms with van der Waals surface area (Å²) in [4.78, 5) is 0. The van der Waals surface area contributed by atoms with E-state index in [0.717, 1.165) is 38.5 Å². The Morgan fingerprint density at radius 2 is 1.59 bits per heavy atom. The summed E-state index contributed by atoms with van der Waals surface area (Å²) in [6.07, 6.45) is 11.3. The Morgan fingerprint density at radius 3 is 2.09 bits per heavy atom. The molecule has 0 spiro atoms. The standard InChI is InChI=1S/C34H40/c1-9-13-16-23-32(33(8,25-14-10-2)26-15-11-3)34(28-24-29(5)6,31-21-17-18-22-31)27-19-20-30(7)12-4/h4,29-32H,9-11,13,17,20-21H2,1-3,5-8H3. The van der Waals surface area contributed by atoms with Gasteiger partial charge in [-0.1, -0.05) is 83.0 Å². The Morgan fingerprint density at radius 1 is 0.912 bits per heavy atom. The van der Waals surface area contributed by atoms with Crippen molar-refractivity contribution in [1.82, 2.24) is 0 Å². The summed E-state index contributed by atoms with van der Waals surface area (Å²) in [6.45, 7) is 14.6. The van der Waals surface area contributed by atoms with Gasteiger partial charge in [0.2, 0.25) is 0 Å². The van der Waals surface area contributed by atoms with Crippen LogP contribution in [0.4, 0.5) is 0 Å². The van der Waals surface area contributed by atoms with E-state index in [1.54, 1.807) is 0 Å². The third-order valence-corrected chi connectivity index (χ3v) is 5.64. The molecule has 0 fully saturated rings. The van der Waals surface area contributed by atoms with E-state index >= 15 is 0 Å². The molecular weight excluding hydrogens is 408 g/mol. The second kappa shape index (κ2) is 14.9. The molecule has 0 nitrogen and oxygen atoms in total. The van der Waals surface area contributed by atoms with E-state index in [1.807, 2.05) is 6.92 Å². The normalized spacial score (nSPS) is 17.0. The first kappa shape index (κ1) is 29.0. The van der Waals surface area contributed by atoms with Gasteiger partial charge in [0.25, 0.3) is 0 Å². The number of terminal acetylenes is 1. The van der Waals surface area contributed by atoms with Crippen LogP contribution in [0.2, 0.25) is 0 Å². The highest BCUT2D eigenvalue weighted by Gasteiger charge is 2.50. The van der Waals surface area contributed by atoms with E-state index < -0.39 is 10.8 Å². The van der Waals surface area contributed by atoms with Crippen LogP contribution >= 0.6 is 0 Å². The lowest BCUT2D eigenvalue weighted by Gasteiger charge is -2.39. The molecule has 0 N–H and O–H groups in total. The maximum atomic E-state index is 5.64. The van der Waals surface area contributed by atoms with Crippen LogP contribution in [0.1, 0.15) is 93.4 Å². The number of rotatable bonds is 5. The average Bonchev–Trinajstić information content (AvgIpc) is 3.37. The highest BCUT2D eigenvalue weighted by molar-refractivity contribution is 5.45. The van der Waals surface area contributed by atoms with Gasteiger partial charge < -0.3 is 0 Å². The van der Waals surface area contributed by atoms with Crippen LogP contribution in [0.15, 0.2) is 0 Å². The molecule has 0 radical (unpaired) electrons. The largest absolute Gasteiger partial charge is 0.122 e. The molecule has 34 heavy (non-hydrogen) atoms. The molecule has 4 unspecified atom stereocenters. The van der Waals surface area contributed by atoms with Crippen LogP contribution in [-0.2, 0) is 0 Å². The second-order valence-corrected chi connectivity index (χ2v) is 9.30. The molecule has 1 aliphatic carbocycles. The first-order valence-corrected chi connectivity index (χ1v) is 12.7. The van der Waals surface area contributed by atoms with Crippen molar-refractivity contribution in [2.45, 2.75) is 93.4 Å². The van der Waals surface area contributed by atoms with E-state index in [-0.39, 0.29) is 23.7 Å². The monoisotopic (exact) mass is 448 g/mol. The maximum absolute atomic E-state index is 5.64. The fourth-order valence-corrected chi connectivity index (χ4v) is 3.78. The van der Waals surface area contributed by atoms with Crippen LogP contribution < -0.4 is 0 Å².